The van der Waals surface area contributed by atoms with E-state index >= 15 is 0 Å². The van der Waals surface area contributed by atoms with Crippen LogP contribution in [0.2, 0.25) is 0 Å². The number of H-pyrrole nitrogens is 2. The molecule has 2 aliphatic rings. The maximum atomic E-state index is 13.8. The highest BCUT2D eigenvalue weighted by Gasteiger charge is 2.39. The zero-order valence-electron chi connectivity index (χ0n) is 36.4. The van der Waals surface area contributed by atoms with Crippen LogP contribution in [-0.2, 0) is 28.5 Å². The number of ether oxygens (including phenoxy) is 4. The second-order valence-electron chi connectivity index (χ2n) is 16.7. The van der Waals surface area contributed by atoms with Crippen LogP contribution >= 0.6 is 0 Å². The van der Waals surface area contributed by atoms with Crippen LogP contribution in [0.15, 0.2) is 60.7 Å². The molecule has 0 saturated carbocycles. The highest BCUT2D eigenvalue weighted by atomic mass is 16.6. The molecule has 0 spiro atoms. The number of hydrogen-bond acceptors (Lipinski definition) is 10. The normalized spacial score (nSPS) is 17.5. The van der Waals surface area contributed by atoms with Gasteiger partial charge in [-0.2, -0.15) is 0 Å². The first-order chi connectivity index (χ1) is 29.9. The molecule has 7 rings (SSSR count). The molecule has 5 aromatic rings. The monoisotopic (exact) mass is 850 g/mol. The minimum absolute atomic E-state index is 0.104. The maximum Gasteiger partial charge on any atom is 0.407 e. The number of benzene rings is 3. The molecule has 4 atom stereocenters. The standard InChI is InChI=1S/C46H58N8O8/c1-27(2)39(51-45(57)61-23-21-59-5)43(55)53-19-7-9-37(53)41-47-33-17-15-31(25-35(33)49-41)29-11-13-30(14-12-29)32-16-18-34-36(26-32)50-42(48-34)38-10-8-20-54(38)44(56)40(28(3)4)52-46(58)62-24-22-60-6/h11-18,25-28,37-40H,7-10,19-24H2,1-6H3,(H,47,49)(H,48,50)(H,51,57)(H,52,58)/t37-,38-,39-,40-/m0/s1. The first-order valence-corrected chi connectivity index (χ1v) is 21.5. The van der Waals surface area contributed by atoms with Crippen LogP contribution in [0, 0.1) is 11.8 Å². The SMILES string of the molecule is COCCOC(=O)N[C@H](C(=O)N1CCC[C@H]1c1nc2cc(-c3ccc(-c4ccc5[nH]c([C@@H]6CCCN6C(=O)[C@@H](NC(=O)OCCOC)C(C)C)nc5c4)cc3)ccc2[nH]1)C(C)C. The summed E-state index contributed by atoms with van der Waals surface area (Å²) < 4.78 is 20.3. The van der Waals surface area contributed by atoms with E-state index in [-0.39, 0.29) is 62.2 Å². The highest BCUT2D eigenvalue weighted by Crippen LogP contribution is 2.36. The molecule has 16 heteroatoms. The maximum absolute atomic E-state index is 13.8. The van der Waals surface area contributed by atoms with Crippen molar-refractivity contribution in [2.24, 2.45) is 11.8 Å². The molecule has 0 bridgehead atoms. The molecular weight excluding hydrogens is 793 g/mol. The molecule has 0 radical (unpaired) electrons. The number of alkyl carbamates (subject to hydrolysis) is 2. The zero-order chi connectivity index (χ0) is 43.9. The molecule has 2 aliphatic heterocycles. The second-order valence-corrected chi connectivity index (χ2v) is 16.7. The largest absolute Gasteiger partial charge is 0.447 e. The summed E-state index contributed by atoms with van der Waals surface area (Å²) in [6, 6.07) is 18.7. The van der Waals surface area contributed by atoms with Crippen LogP contribution in [0.4, 0.5) is 9.59 Å². The van der Waals surface area contributed by atoms with Gasteiger partial charge in [-0.25, -0.2) is 19.6 Å². The Morgan fingerprint density at radius 3 is 1.37 bits per heavy atom. The molecule has 4 N–H and O–H groups in total. The topological polar surface area (TPSA) is 193 Å². The van der Waals surface area contributed by atoms with Crippen LogP contribution in [-0.4, -0.2) is 120 Å². The van der Waals surface area contributed by atoms with Crippen LogP contribution < -0.4 is 10.6 Å². The van der Waals surface area contributed by atoms with Crippen molar-refractivity contribution in [1.82, 2.24) is 40.4 Å². The van der Waals surface area contributed by atoms with Crippen LogP contribution in [0.1, 0.15) is 77.1 Å². The summed E-state index contributed by atoms with van der Waals surface area (Å²) in [6.45, 7) is 9.52. The minimum atomic E-state index is -0.734. The molecule has 62 heavy (non-hydrogen) atoms. The lowest BCUT2D eigenvalue weighted by Gasteiger charge is -2.30. The number of aromatic amines is 2. The average molecular weight is 851 g/mol. The summed E-state index contributed by atoms with van der Waals surface area (Å²) in [6.07, 6.45) is 1.90. The molecule has 2 saturated heterocycles. The van der Waals surface area contributed by atoms with E-state index in [1.807, 2.05) is 49.6 Å². The number of amides is 4. The summed E-state index contributed by atoms with van der Waals surface area (Å²) in [4.78, 5) is 73.0. The van der Waals surface area contributed by atoms with Crippen LogP contribution in [0.25, 0.3) is 44.3 Å². The predicted octanol–water partition coefficient (Wildman–Crippen LogP) is 6.89. The van der Waals surface area contributed by atoms with E-state index in [4.69, 9.17) is 28.9 Å². The Balaban J connectivity index is 1.03. The third kappa shape index (κ3) is 9.87. The van der Waals surface area contributed by atoms with Crippen molar-refractivity contribution >= 4 is 46.1 Å². The van der Waals surface area contributed by atoms with Crippen LogP contribution in [0.5, 0.6) is 0 Å². The van der Waals surface area contributed by atoms with Crippen molar-refractivity contribution in [3.63, 3.8) is 0 Å². The molecule has 0 unspecified atom stereocenters. The summed E-state index contributed by atoms with van der Waals surface area (Å²) in [5, 5.41) is 5.52. The Morgan fingerprint density at radius 1 is 0.613 bits per heavy atom. The molecular formula is C46H58N8O8. The average Bonchev–Trinajstić information content (AvgIpc) is 4.10. The first kappa shape index (κ1) is 44.1. The van der Waals surface area contributed by atoms with Gasteiger partial charge in [0, 0.05) is 27.3 Å². The summed E-state index contributed by atoms with van der Waals surface area (Å²) in [5.74, 6) is 0.846. The van der Waals surface area contributed by atoms with Crippen molar-refractivity contribution in [2.75, 3.05) is 53.7 Å². The smallest absolute Gasteiger partial charge is 0.407 e. The number of methoxy groups -OCH3 is 2. The van der Waals surface area contributed by atoms with E-state index in [1.165, 1.54) is 14.2 Å². The fraction of sp³-hybridized carbons (Fsp3) is 0.478. The van der Waals surface area contributed by atoms with Gasteiger partial charge in [0.1, 0.15) is 36.9 Å². The van der Waals surface area contributed by atoms with Gasteiger partial charge in [-0.3, -0.25) is 9.59 Å². The molecule has 0 aliphatic carbocycles. The zero-order valence-corrected chi connectivity index (χ0v) is 36.4. The van der Waals surface area contributed by atoms with E-state index in [1.54, 1.807) is 0 Å². The fourth-order valence-electron chi connectivity index (χ4n) is 8.37. The number of aromatic nitrogens is 4. The number of likely N-dealkylation sites (tertiary alicyclic amines) is 2. The first-order valence-electron chi connectivity index (χ1n) is 21.5. The van der Waals surface area contributed by atoms with Gasteiger partial charge in [0.2, 0.25) is 11.8 Å². The lowest BCUT2D eigenvalue weighted by Crippen LogP contribution is -2.51. The number of imidazole rings is 2. The Hall–Kier alpha value is -6.00. The van der Waals surface area contributed by atoms with E-state index in [2.05, 4.69) is 69.1 Å². The molecule has 4 amide bonds. The van der Waals surface area contributed by atoms with Gasteiger partial charge in [-0.15, -0.1) is 0 Å². The third-order valence-electron chi connectivity index (χ3n) is 11.7. The van der Waals surface area contributed by atoms with Crippen LogP contribution in [0.3, 0.4) is 0 Å². The summed E-state index contributed by atoms with van der Waals surface area (Å²) >= 11 is 0. The van der Waals surface area contributed by atoms with Gasteiger partial charge in [0.15, 0.2) is 0 Å². The van der Waals surface area contributed by atoms with Gasteiger partial charge >= 0.3 is 12.2 Å². The number of carbonyl (C=O) groups excluding carboxylic acids is 4. The lowest BCUT2D eigenvalue weighted by molar-refractivity contribution is -0.136. The van der Waals surface area contributed by atoms with Crippen molar-refractivity contribution in [3.8, 4) is 22.3 Å². The number of hydrogen-bond donors (Lipinski definition) is 4. The Morgan fingerprint density at radius 2 is 1.00 bits per heavy atom. The molecule has 4 heterocycles. The Kier molecular flexibility index (Phi) is 14.1. The van der Waals surface area contributed by atoms with Crippen molar-refractivity contribution < 1.29 is 38.1 Å². The van der Waals surface area contributed by atoms with Gasteiger partial charge in [-0.05, 0) is 84.0 Å². The van der Waals surface area contributed by atoms with Crippen molar-refractivity contribution in [3.05, 3.63) is 72.3 Å². The van der Waals surface area contributed by atoms with E-state index in [0.717, 1.165) is 81.7 Å². The summed E-state index contributed by atoms with van der Waals surface area (Å²) in [7, 11) is 3.06. The predicted molar refractivity (Wildman–Crippen MR) is 234 cm³/mol. The third-order valence-corrected chi connectivity index (χ3v) is 11.7. The van der Waals surface area contributed by atoms with E-state index in [0.29, 0.717) is 13.1 Å². The molecule has 3 aromatic carbocycles. The van der Waals surface area contributed by atoms with Gasteiger partial charge in [0.05, 0.1) is 47.4 Å². The fourth-order valence-corrected chi connectivity index (χ4v) is 8.37. The van der Waals surface area contributed by atoms with Crippen molar-refractivity contribution in [2.45, 2.75) is 77.5 Å². The quantitative estimate of drug-likeness (QED) is 0.0760. The van der Waals surface area contributed by atoms with Gasteiger partial charge in [0.25, 0.3) is 0 Å². The highest BCUT2D eigenvalue weighted by molar-refractivity contribution is 5.88. The number of nitrogens with one attached hydrogen (secondary N) is 4. The minimum Gasteiger partial charge on any atom is -0.447 e. The Labute approximate surface area is 361 Å². The van der Waals surface area contributed by atoms with Gasteiger partial charge in [-0.1, -0.05) is 64.1 Å². The van der Waals surface area contributed by atoms with E-state index in [9.17, 15) is 19.2 Å². The van der Waals surface area contributed by atoms with E-state index < -0.39 is 24.3 Å². The Bertz CT molecular complexity index is 2190. The molecule has 2 fully saturated rings. The number of carbonyl (C=O) groups is 4. The number of rotatable bonds is 16. The number of nitrogens with zero attached hydrogens (tertiary/aromatic N) is 4. The summed E-state index contributed by atoms with van der Waals surface area (Å²) in [5.41, 5.74) is 7.47. The van der Waals surface area contributed by atoms with Gasteiger partial charge < -0.3 is 49.3 Å². The number of fused-ring (bicyclic) bond motifs is 2. The van der Waals surface area contributed by atoms with Crippen molar-refractivity contribution in [1.29, 1.82) is 0 Å². The molecule has 330 valence electrons. The molecule has 2 aromatic heterocycles. The molecule has 16 nitrogen and oxygen atoms in total. The second kappa shape index (κ2) is 19.8. The lowest BCUT2D eigenvalue weighted by atomic mass is 10.00.